The molecular formula is C9H19NS. The zero-order chi connectivity index (χ0) is 8.27. The molecule has 1 fully saturated rings. The fourth-order valence-corrected chi connectivity index (χ4v) is 2.69. The van der Waals surface area contributed by atoms with Crippen LogP contribution in [0, 0.1) is 11.8 Å². The van der Waals surface area contributed by atoms with Crippen molar-refractivity contribution in [1.29, 1.82) is 0 Å². The maximum atomic E-state index is 3.56. The van der Waals surface area contributed by atoms with Crippen molar-refractivity contribution in [3.63, 3.8) is 0 Å². The van der Waals surface area contributed by atoms with Gasteiger partial charge in [0.05, 0.1) is 5.37 Å². The van der Waals surface area contributed by atoms with Crippen LogP contribution in [-0.2, 0) is 0 Å². The van der Waals surface area contributed by atoms with E-state index in [0.29, 0.717) is 5.37 Å². The lowest BCUT2D eigenvalue weighted by molar-refractivity contribution is 0.365. The van der Waals surface area contributed by atoms with Gasteiger partial charge >= 0.3 is 0 Å². The monoisotopic (exact) mass is 173 g/mol. The van der Waals surface area contributed by atoms with E-state index in [1.807, 2.05) is 0 Å². The van der Waals surface area contributed by atoms with Gasteiger partial charge in [0.2, 0.25) is 0 Å². The maximum absolute atomic E-state index is 3.56. The highest BCUT2D eigenvalue weighted by Gasteiger charge is 2.21. The summed E-state index contributed by atoms with van der Waals surface area (Å²) in [5.74, 6) is 2.95. The van der Waals surface area contributed by atoms with Gasteiger partial charge in [0.25, 0.3) is 0 Å². The predicted octanol–water partition coefficient (Wildman–Crippen LogP) is 2.33. The molecule has 0 aromatic rings. The standard InChI is InChI=1S/C9H19NS/c1-7(2)8(3)9-10-5-4-6-11-9/h7-10H,4-6H2,1-3H3. The van der Waals surface area contributed by atoms with Crippen LogP contribution in [-0.4, -0.2) is 17.7 Å². The van der Waals surface area contributed by atoms with Gasteiger partial charge in [-0.25, -0.2) is 0 Å². The van der Waals surface area contributed by atoms with E-state index in [9.17, 15) is 0 Å². The molecule has 11 heavy (non-hydrogen) atoms. The van der Waals surface area contributed by atoms with Crippen LogP contribution in [0.5, 0.6) is 0 Å². The molecule has 66 valence electrons. The number of hydrogen-bond donors (Lipinski definition) is 1. The van der Waals surface area contributed by atoms with Crippen LogP contribution in [0.15, 0.2) is 0 Å². The van der Waals surface area contributed by atoms with E-state index in [1.54, 1.807) is 0 Å². The first-order valence-electron chi connectivity index (χ1n) is 4.57. The van der Waals surface area contributed by atoms with Crippen molar-refractivity contribution in [3.05, 3.63) is 0 Å². The summed E-state index contributed by atoms with van der Waals surface area (Å²) in [5.41, 5.74) is 0. The van der Waals surface area contributed by atoms with E-state index in [0.717, 1.165) is 11.8 Å². The van der Waals surface area contributed by atoms with Crippen LogP contribution in [0.1, 0.15) is 27.2 Å². The fraction of sp³-hybridized carbons (Fsp3) is 1.00. The number of nitrogens with one attached hydrogen (secondary N) is 1. The molecule has 1 nitrogen and oxygen atoms in total. The second-order valence-corrected chi connectivity index (χ2v) is 4.95. The van der Waals surface area contributed by atoms with Crippen LogP contribution in [0.3, 0.4) is 0 Å². The number of thioether (sulfide) groups is 1. The molecule has 2 atom stereocenters. The Hall–Kier alpha value is 0.310. The number of hydrogen-bond acceptors (Lipinski definition) is 2. The first kappa shape index (κ1) is 9.40. The van der Waals surface area contributed by atoms with Gasteiger partial charge < -0.3 is 5.32 Å². The Morgan fingerprint density at radius 3 is 2.55 bits per heavy atom. The summed E-state index contributed by atoms with van der Waals surface area (Å²) in [6, 6.07) is 0. The van der Waals surface area contributed by atoms with Crippen LogP contribution in [0.4, 0.5) is 0 Å². The lowest BCUT2D eigenvalue weighted by atomic mass is 9.98. The van der Waals surface area contributed by atoms with Crippen molar-refractivity contribution in [1.82, 2.24) is 5.32 Å². The summed E-state index contributed by atoms with van der Waals surface area (Å²) >= 11 is 2.09. The Morgan fingerprint density at radius 1 is 1.36 bits per heavy atom. The molecule has 0 bridgehead atoms. The molecule has 0 aromatic carbocycles. The van der Waals surface area contributed by atoms with Crippen molar-refractivity contribution in [3.8, 4) is 0 Å². The Bertz CT molecular complexity index is 108. The van der Waals surface area contributed by atoms with Crippen LogP contribution < -0.4 is 5.32 Å². The fourth-order valence-electron chi connectivity index (χ4n) is 1.27. The highest BCUT2D eigenvalue weighted by Crippen LogP contribution is 2.26. The molecule has 2 unspecified atom stereocenters. The maximum Gasteiger partial charge on any atom is 0.0560 e. The third-order valence-corrected chi connectivity index (χ3v) is 3.97. The van der Waals surface area contributed by atoms with Gasteiger partial charge in [0.15, 0.2) is 0 Å². The topological polar surface area (TPSA) is 12.0 Å². The van der Waals surface area contributed by atoms with Crippen LogP contribution in [0.2, 0.25) is 0 Å². The zero-order valence-corrected chi connectivity index (χ0v) is 8.58. The smallest absolute Gasteiger partial charge is 0.0560 e. The summed E-state index contributed by atoms with van der Waals surface area (Å²) in [5, 5.41) is 4.27. The summed E-state index contributed by atoms with van der Waals surface area (Å²) in [4.78, 5) is 0. The summed E-state index contributed by atoms with van der Waals surface area (Å²) < 4.78 is 0. The van der Waals surface area contributed by atoms with Gasteiger partial charge in [-0.2, -0.15) is 0 Å². The lowest BCUT2D eigenvalue weighted by Crippen LogP contribution is -2.38. The molecule has 0 aliphatic carbocycles. The Balaban J connectivity index is 2.32. The van der Waals surface area contributed by atoms with Crippen molar-refractivity contribution in [2.24, 2.45) is 11.8 Å². The van der Waals surface area contributed by atoms with E-state index < -0.39 is 0 Å². The third-order valence-electron chi connectivity index (χ3n) is 2.49. The van der Waals surface area contributed by atoms with Gasteiger partial charge in [-0.05, 0) is 30.6 Å². The minimum atomic E-state index is 0.712. The molecule has 1 aliphatic heterocycles. The van der Waals surface area contributed by atoms with Crippen molar-refractivity contribution >= 4 is 11.8 Å². The van der Waals surface area contributed by atoms with E-state index >= 15 is 0 Å². The van der Waals surface area contributed by atoms with Crippen molar-refractivity contribution in [2.75, 3.05) is 12.3 Å². The quantitative estimate of drug-likeness (QED) is 0.688. The first-order valence-corrected chi connectivity index (χ1v) is 5.61. The Kier molecular flexibility index (Phi) is 3.73. The van der Waals surface area contributed by atoms with Gasteiger partial charge in [-0.1, -0.05) is 20.8 Å². The Labute approximate surface area is 74.3 Å². The van der Waals surface area contributed by atoms with E-state index in [4.69, 9.17) is 0 Å². The van der Waals surface area contributed by atoms with Crippen LogP contribution >= 0.6 is 11.8 Å². The highest BCUT2D eigenvalue weighted by atomic mass is 32.2. The molecule has 0 aromatic heterocycles. The predicted molar refractivity (Wildman–Crippen MR) is 52.9 cm³/mol. The second kappa shape index (κ2) is 4.36. The molecule has 1 heterocycles. The first-order chi connectivity index (χ1) is 5.22. The summed E-state index contributed by atoms with van der Waals surface area (Å²) in [6.07, 6.45) is 1.34. The van der Waals surface area contributed by atoms with Crippen LogP contribution in [0.25, 0.3) is 0 Å². The highest BCUT2D eigenvalue weighted by molar-refractivity contribution is 7.99. The molecule has 0 amide bonds. The Morgan fingerprint density at radius 2 is 2.09 bits per heavy atom. The molecule has 1 aliphatic rings. The number of rotatable bonds is 2. The SMILES string of the molecule is CC(C)C(C)C1NCCCS1. The molecule has 2 heteroatoms. The summed E-state index contributed by atoms with van der Waals surface area (Å²) in [6.45, 7) is 8.18. The molecule has 1 N–H and O–H groups in total. The molecule has 1 rings (SSSR count). The second-order valence-electron chi connectivity index (χ2n) is 3.70. The molecule has 0 saturated carbocycles. The average Bonchev–Trinajstić information content (AvgIpc) is 2.05. The minimum Gasteiger partial charge on any atom is -0.305 e. The van der Waals surface area contributed by atoms with Crippen molar-refractivity contribution in [2.45, 2.75) is 32.6 Å². The van der Waals surface area contributed by atoms with Gasteiger partial charge in [0.1, 0.15) is 0 Å². The van der Waals surface area contributed by atoms with E-state index in [1.165, 1.54) is 18.7 Å². The normalized spacial score (nSPS) is 28.9. The summed E-state index contributed by atoms with van der Waals surface area (Å²) in [7, 11) is 0. The molecule has 0 radical (unpaired) electrons. The van der Waals surface area contributed by atoms with Gasteiger partial charge in [0, 0.05) is 0 Å². The lowest BCUT2D eigenvalue weighted by Gasteiger charge is -2.30. The largest absolute Gasteiger partial charge is 0.305 e. The molecule has 0 spiro atoms. The van der Waals surface area contributed by atoms with Gasteiger partial charge in [-0.3, -0.25) is 0 Å². The average molecular weight is 173 g/mol. The third kappa shape index (κ3) is 2.68. The van der Waals surface area contributed by atoms with Crippen molar-refractivity contribution < 1.29 is 0 Å². The van der Waals surface area contributed by atoms with E-state index in [-0.39, 0.29) is 0 Å². The molecule has 1 saturated heterocycles. The zero-order valence-electron chi connectivity index (χ0n) is 7.76. The van der Waals surface area contributed by atoms with E-state index in [2.05, 4.69) is 37.8 Å². The minimum absolute atomic E-state index is 0.712. The van der Waals surface area contributed by atoms with Gasteiger partial charge in [-0.15, -0.1) is 11.8 Å². The molecular weight excluding hydrogens is 154 g/mol.